The lowest BCUT2D eigenvalue weighted by atomic mass is 10.3. The summed E-state index contributed by atoms with van der Waals surface area (Å²) in [4.78, 5) is 12.6. The molecule has 8 heteroatoms. The molecule has 0 spiro atoms. The van der Waals surface area contributed by atoms with Crippen molar-refractivity contribution in [2.45, 2.75) is 13.3 Å². The van der Waals surface area contributed by atoms with Crippen LogP contribution in [0.4, 0.5) is 17.6 Å². The molecule has 2 aromatic rings. The third kappa shape index (κ3) is 4.44. The molecule has 0 saturated carbocycles. The summed E-state index contributed by atoms with van der Waals surface area (Å²) in [5, 5.41) is 6.73. The van der Waals surface area contributed by atoms with Gasteiger partial charge in [-0.15, -0.1) is 0 Å². The van der Waals surface area contributed by atoms with Crippen LogP contribution >= 0.6 is 27.5 Å². The molecule has 21 heavy (non-hydrogen) atoms. The lowest BCUT2D eigenvalue weighted by molar-refractivity contribution is 0.379. The van der Waals surface area contributed by atoms with Gasteiger partial charge in [-0.05, 0) is 24.6 Å². The van der Waals surface area contributed by atoms with Crippen molar-refractivity contribution < 1.29 is 4.74 Å². The van der Waals surface area contributed by atoms with Gasteiger partial charge in [0.2, 0.25) is 11.9 Å². The highest BCUT2D eigenvalue weighted by molar-refractivity contribution is 9.10. The van der Waals surface area contributed by atoms with Crippen LogP contribution in [0.15, 0.2) is 22.7 Å². The van der Waals surface area contributed by atoms with Gasteiger partial charge in [-0.25, -0.2) is 0 Å². The number of nitrogens with one attached hydrogen (secondary N) is 2. The highest BCUT2D eigenvalue weighted by Crippen LogP contribution is 2.28. The lowest BCUT2D eigenvalue weighted by Crippen LogP contribution is -2.09. The van der Waals surface area contributed by atoms with Gasteiger partial charge >= 0.3 is 6.01 Å². The Morgan fingerprint density at radius 3 is 2.71 bits per heavy atom. The van der Waals surface area contributed by atoms with Crippen molar-refractivity contribution in [3.05, 3.63) is 27.7 Å². The van der Waals surface area contributed by atoms with Crippen LogP contribution in [0.1, 0.15) is 13.3 Å². The van der Waals surface area contributed by atoms with Crippen LogP contribution in [-0.2, 0) is 0 Å². The summed E-state index contributed by atoms with van der Waals surface area (Å²) in [6.07, 6.45) is 0.966. The van der Waals surface area contributed by atoms with Gasteiger partial charge in [-0.1, -0.05) is 34.5 Å². The number of anilines is 3. The zero-order valence-electron chi connectivity index (χ0n) is 11.7. The number of aromatic nitrogens is 3. The van der Waals surface area contributed by atoms with Crippen molar-refractivity contribution in [2.24, 2.45) is 0 Å². The minimum absolute atomic E-state index is 0.234. The zero-order chi connectivity index (χ0) is 15.2. The first-order valence-electron chi connectivity index (χ1n) is 6.38. The highest BCUT2D eigenvalue weighted by atomic mass is 79.9. The van der Waals surface area contributed by atoms with E-state index in [-0.39, 0.29) is 6.01 Å². The highest BCUT2D eigenvalue weighted by Gasteiger charge is 2.09. The molecule has 2 N–H and O–H groups in total. The number of hydrogen-bond donors (Lipinski definition) is 2. The van der Waals surface area contributed by atoms with Crippen molar-refractivity contribution in [1.29, 1.82) is 0 Å². The van der Waals surface area contributed by atoms with E-state index >= 15 is 0 Å². The minimum Gasteiger partial charge on any atom is -0.467 e. The van der Waals surface area contributed by atoms with Crippen LogP contribution in [-0.4, -0.2) is 28.6 Å². The Hall–Kier alpha value is -1.60. The number of halogens is 2. The average molecular weight is 373 g/mol. The van der Waals surface area contributed by atoms with Crippen LogP contribution < -0.4 is 15.4 Å². The van der Waals surface area contributed by atoms with Gasteiger partial charge in [0, 0.05) is 11.0 Å². The predicted molar refractivity (Wildman–Crippen MR) is 87.6 cm³/mol. The van der Waals surface area contributed by atoms with Crippen molar-refractivity contribution in [2.75, 3.05) is 24.3 Å². The first-order chi connectivity index (χ1) is 10.1. The summed E-state index contributed by atoms with van der Waals surface area (Å²) in [5.41, 5.74) is 0.695. The monoisotopic (exact) mass is 371 g/mol. The molecule has 0 bridgehead atoms. The zero-order valence-corrected chi connectivity index (χ0v) is 14.0. The molecule has 2 rings (SSSR count). The molecule has 0 aliphatic heterocycles. The van der Waals surface area contributed by atoms with Crippen LogP contribution in [0.2, 0.25) is 5.02 Å². The number of nitrogens with zero attached hydrogens (tertiary/aromatic N) is 3. The van der Waals surface area contributed by atoms with E-state index in [2.05, 4.69) is 48.4 Å². The summed E-state index contributed by atoms with van der Waals surface area (Å²) >= 11 is 9.54. The van der Waals surface area contributed by atoms with E-state index in [0.717, 1.165) is 17.4 Å². The molecule has 0 atom stereocenters. The fourth-order valence-corrected chi connectivity index (χ4v) is 2.06. The standard InChI is InChI=1S/C13H15BrClN5O/c1-3-6-16-11-18-12(20-13(19-11)21-2)17-10-7-8(14)4-5-9(10)15/h4-5,7H,3,6H2,1-2H3,(H2,16,17,18,19,20). The molecule has 0 aliphatic rings. The van der Waals surface area contributed by atoms with Gasteiger partial charge in [-0.2, -0.15) is 15.0 Å². The van der Waals surface area contributed by atoms with Gasteiger partial charge < -0.3 is 15.4 Å². The summed E-state index contributed by atoms with van der Waals surface area (Å²) in [5.74, 6) is 0.817. The van der Waals surface area contributed by atoms with Crippen LogP contribution in [0.25, 0.3) is 0 Å². The molecule has 0 unspecified atom stereocenters. The summed E-state index contributed by atoms with van der Waals surface area (Å²) in [7, 11) is 1.51. The van der Waals surface area contributed by atoms with Crippen LogP contribution in [0.5, 0.6) is 6.01 Å². The molecule has 112 valence electrons. The Labute approximate surface area is 136 Å². The van der Waals surface area contributed by atoms with Gasteiger partial charge in [0.05, 0.1) is 17.8 Å². The van der Waals surface area contributed by atoms with Crippen molar-refractivity contribution in [3.8, 4) is 6.01 Å². The maximum absolute atomic E-state index is 6.14. The van der Waals surface area contributed by atoms with Crippen molar-refractivity contribution >= 4 is 45.1 Å². The molecule has 0 radical (unpaired) electrons. The fourth-order valence-electron chi connectivity index (χ4n) is 1.53. The molecule has 6 nitrogen and oxygen atoms in total. The average Bonchev–Trinajstić information content (AvgIpc) is 2.48. The third-order valence-corrected chi connectivity index (χ3v) is 3.33. The summed E-state index contributed by atoms with van der Waals surface area (Å²) in [6, 6.07) is 5.72. The number of hydrogen-bond acceptors (Lipinski definition) is 6. The quantitative estimate of drug-likeness (QED) is 0.802. The molecule has 0 aliphatic carbocycles. The van der Waals surface area contributed by atoms with E-state index < -0.39 is 0 Å². The Bertz CT molecular complexity index is 626. The van der Waals surface area contributed by atoms with E-state index in [1.807, 2.05) is 12.1 Å². The molecule has 0 fully saturated rings. The van der Waals surface area contributed by atoms with Gasteiger partial charge in [-0.3, -0.25) is 0 Å². The SMILES string of the molecule is CCCNc1nc(Nc2cc(Br)ccc2Cl)nc(OC)n1. The fraction of sp³-hybridized carbons (Fsp3) is 0.308. The number of ether oxygens (including phenoxy) is 1. The molecule has 1 heterocycles. The smallest absolute Gasteiger partial charge is 0.322 e. The molecule has 0 saturated heterocycles. The van der Waals surface area contributed by atoms with Gasteiger partial charge in [0.25, 0.3) is 0 Å². The largest absolute Gasteiger partial charge is 0.467 e. The first kappa shape index (κ1) is 15.8. The van der Waals surface area contributed by atoms with Crippen molar-refractivity contribution in [3.63, 3.8) is 0 Å². The first-order valence-corrected chi connectivity index (χ1v) is 7.55. The number of methoxy groups -OCH3 is 1. The van der Waals surface area contributed by atoms with Crippen molar-refractivity contribution in [1.82, 2.24) is 15.0 Å². The Morgan fingerprint density at radius 2 is 2.00 bits per heavy atom. The number of rotatable bonds is 6. The second-order valence-corrected chi connectivity index (χ2v) is 5.47. The van der Waals surface area contributed by atoms with Crippen LogP contribution in [0, 0.1) is 0 Å². The lowest BCUT2D eigenvalue weighted by Gasteiger charge is -2.10. The summed E-state index contributed by atoms with van der Waals surface area (Å²) in [6.45, 7) is 2.83. The normalized spacial score (nSPS) is 10.3. The molecule has 1 aromatic heterocycles. The predicted octanol–water partition coefficient (Wildman–Crippen LogP) is 3.86. The van der Waals surface area contributed by atoms with Gasteiger partial charge in [0.15, 0.2) is 0 Å². The van der Waals surface area contributed by atoms with E-state index in [1.54, 1.807) is 6.07 Å². The van der Waals surface area contributed by atoms with E-state index in [9.17, 15) is 0 Å². The van der Waals surface area contributed by atoms with E-state index in [4.69, 9.17) is 16.3 Å². The van der Waals surface area contributed by atoms with E-state index in [1.165, 1.54) is 7.11 Å². The molecular weight excluding hydrogens is 358 g/mol. The topological polar surface area (TPSA) is 72.0 Å². The van der Waals surface area contributed by atoms with Gasteiger partial charge in [0.1, 0.15) is 0 Å². The van der Waals surface area contributed by atoms with Crippen LogP contribution in [0.3, 0.4) is 0 Å². The number of benzene rings is 1. The summed E-state index contributed by atoms with van der Waals surface area (Å²) < 4.78 is 5.99. The second kappa shape index (κ2) is 7.42. The Morgan fingerprint density at radius 1 is 1.24 bits per heavy atom. The van der Waals surface area contributed by atoms with E-state index in [0.29, 0.717) is 22.6 Å². The Kier molecular flexibility index (Phi) is 5.58. The second-order valence-electron chi connectivity index (χ2n) is 4.15. The molecule has 0 amide bonds. The Balaban J connectivity index is 2.27. The molecule has 1 aromatic carbocycles. The maximum Gasteiger partial charge on any atom is 0.322 e. The molecular formula is C13H15BrClN5O. The minimum atomic E-state index is 0.234. The maximum atomic E-state index is 6.14. The third-order valence-electron chi connectivity index (χ3n) is 2.51.